The summed E-state index contributed by atoms with van der Waals surface area (Å²) in [6, 6.07) is 14.7. The molecule has 1 aliphatic carbocycles. The van der Waals surface area contributed by atoms with Crippen LogP contribution in [0.3, 0.4) is 0 Å². The molecule has 2 amide bonds. The molecule has 198 valence electrons. The Balaban J connectivity index is 1.56. The third-order valence-corrected chi connectivity index (χ3v) is 8.13. The molecule has 2 heterocycles. The molecule has 9 heteroatoms. The summed E-state index contributed by atoms with van der Waals surface area (Å²) >= 11 is 7.62. The fraction of sp³-hybridized carbons (Fsp3) is 0.345. The highest BCUT2D eigenvalue weighted by atomic mass is 35.5. The summed E-state index contributed by atoms with van der Waals surface area (Å²) in [5.74, 6) is 0.219. The normalized spacial score (nSPS) is 17.5. The van der Waals surface area contributed by atoms with Crippen LogP contribution in [0.2, 0.25) is 5.02 Å². The van der Waals surface area contributed by atoms with Gasteiger partial charge < -0.3 is 16.0 Å². The zero-order chi connectivity index (χ0) is 26.8. The molecular weight excluding hydrogens is 518 g/mol. The Kier molecular flexibility index (Phi) is 7.81. The monoisotopic (exact) mass is 549 g/mol. The van der Waals surface area contributed by atoms with E-state index in [4.69, 9.17) is 16.7 Å². The average Bonchev–Trinajstić information content (AvgIpc) is 3.28. The zero-order valence-electron chi connectivity index (χ0n) is 21.8. The molecule has 0 bridgehead atoms. The number of anilines is 2. The van der Waals surface area contributed by atoms with Crippen molar-refractivity contribution in [3.63, 3.8) is 0 Å². The Hall–Kier alpha value is -3.23. The smallest absolute Gasteiger partial charge is 0.258 e. The Bertz CT molecular complexity index is 1380. The van der Waals surface area contributed by atoms with Gasteiger partial charge in [0.05, 0.1) is 5.57 Å². The number of nitrogens with zero attached hydrogens (tertiary/aromatic N) is 2. The minimum Gasteiger partial charge on any atom is -0.349 e. The summed E-state index contributed by atoms with van der Waals surface area (Å²) in [5.41, 5.74) is 4.37. The molecule has 38 heavy (non-hydrogen) atoms. The molecule has 2 aliphatic rings. The number of fused-ring (bicyclic) bond motifs is 1. The number of aryl methyl sites for hydroxylation is 1. The molecule has 1 fully saturated rings. The molecule has 5 rings (SSSR count). The first-order chi connectivity index (χ1) is 18.4. The lowest BCUT2D eigenvalue weighted by molar-refractivity contribution is -0.113. The van der Waals surface area contributed by atoms with Crippen LogP contribution < -0.4 is 16.0 Å². The lowest BCUT2D eigenvalue weighted by Crippen LogP contribution is -2.37. The summed E-state index contributed by atoms with van der Waals surface area (Å²) in [7, 11) is 0. The number of carbonyl (C=O) groups is 2. The molecule has 7 nitrogen and oxygen atoms in total. The van der Waals surface area contributed by atoms with Gasteiger partial charge in [0.1, 0.15) is 22.4 Å². The minimum atomic E-state index is -0.545. The molecule has 1 saturated carbocycles. The highest BCUT2D eigenvalue weighted by Gasteiger charge is 2.37. The highest BCUT2D eigenvalue weighted by molar-refractivity contribution is 7.98. The summed E-state index contributed by atoms with van der Waals surface area (Å²) in [6.45, 7) is 3.87. The van der Waals surface area contributed by atoms with Crippen LogP contribution in [0.25, 0.3) is 0 Å². The second-order valence-electron chi connectivity index (χ2n) is 9.92. The number of benzene rings is 2. The van der Waals surface area contributed by atoms with Gasteiger partial charge in [-0.1, -0.05) is 60.7 Å². The average molecular weight is 550 g/mol. The summed E-state index contributed by atoms with van der Waals surface area (Å²) in [6.07, 6.45) is 7.37. The molecule has 0 radical (unpaired) electrons. The summed E-state index contributed by atoms with van der Waals surface area (Å²) in [4.78, 5) is 27.3. The molecule has 3 aromatic rings. The molecule has 1 unspecified atom stereocenters. The molecule has 1 aliphatic heterocycles. The van der Waals surface area contributed by atoms with Gasteiger partial charge in [-0.05, 0) is 62.8 Å². The summed E-state index contributed by atoms with van der Waals surface area (Å²) in [5, 5.41) is 15.7. The van der Waals surface area contributed by atoms with Gasteiger partial charge in [0, 0.05) is 22.4 Å². The third kappa shape index (κ3) is 5.33. The molecule has 3 N–H and O–H groups in total. The van der Waals surface area contributed by atoms with Gasteiger partial charge in [-0.3, -0.25) is 9.59 Å². The van der Waals surface area contributed by atoms with Crippen molar-refractivity contribution in [3.05, 3.63) is 81.5 Å². The number of amides is 2. The second kappa shape index (κ2) is 11.3. The van der Waals surface area contributed by atoms with Crippen LogP contribution in [-0.2, 0) is 4.79 Å². The molecule has 1 aromatic heterocycles. The minimum absolute atomic E-state index is 0.134. The number of rotatable bonds is 6. The number of nitrogens with one attached hydrogen (secondary N) is 3. The highest BCUT2D eigenvalue weighted by Crippen LogP contribution is 2.41. The zero-order valence-corrected chi connectivity index (χ0v) is 23.4. The molecule has 0 saturated heterocycles. The Labute approximate surface area is 232 Å². The van der Waals surface area contributed by atoms with Gasteiger partial charge in [0.15, 0.2) is 0 Å². The van der Waals surface area contributed by atoms with E-state index in [2.05, 4.69) is 16.0 Å². The van der Waals surface area contributed by atoms with E-state index < -0.39 is 6.04 Å². The second-order valence-corrected chi connectivity index (χ2v) is 11.2. The first-order valence-electron chi connectivity index (χ1n) is 12.9. The topological polar surface area (TPSA) is 88.1 Å². The molecule has 0 spiro atoms. The van der Waals surface area contributed by atoms with Crippen molar-refractivity contribution in [1.29, 1.82) is 0 Å². The largest absolute Gasteiger partial charge is 0.349 e. The van der Waals surface area contributed by atoms with Crippen LogP contribution in [-0.4, -0.2) is 33.9 Å². The van der Waals surface area contributed by atoms with Crippen molar-refractivity contribution in [3.8, 4) is 0 Å². The Morgan fingerprint density at radius 2 is 1.68 bits per heavy atom. The number of hydrogen-bond acceptors (Lipinski definition) is 5. The van der Waals surface area contributed by atoms with Crippen LogP contribution >= 0.6 is 23.4 Å². The van der Waals surface area contributed by atoms with Gasteiger partial charge in [0.25, 0.3) is 11.8 Å². The third-order valence-electron chi connectivity index (χ3n) is 7.21. The molecule has 2 aromatic carbocycles. The number of aromatic nitrogens is 2. The van der Waals surface area contributed by atoms with Crippen LogP contribution in [0.5, 0.6) is 0 Å². The summed E-state index contributed by atoms with van der Waals surface area (Å²) < 4.78 is 1.77. The fourth-order valence-corrected chi connectivity index (χ4v) is 5.92. The molecular formula is C29H32ClN5O2S. The lowest BCUT2D eigenvalue weighted by Gasteiger charge is -2.30. The SMILES string of the molecule is CSc1nn2c(c1C(=O)NC1CCCCC1)NC(C)=C(C(=O)Nc1ccc(C)cc1)C2c1ccc(Cl)cc1. The van der Waals surface area contributed by atoms with Crippen molar-refractivity contribution in [2.45, 2.75) is 63.1 Å². The quantitative estimate of drug-likeness (QED) is 0.303. The Morgan fingerprint density at radius 3 is 2.34 bits per heavy atom. The van der Waals surface area contributed by atoms with Crippen molar-refractivity contribution >= 4 is 46.7 Å². The maximum Gasteiger partial charge on any atom is 0.258 e. The standard InChI is InChI=1S/C29H32ClN5O2S/c1-17-9-15-22(16-10-17)33-27(36)23-18(2)31-26-24(28(37)32-21-7-5-4-6-8-21)29(38-3)34-35(26)25(23)19-11-13-20(30)14-12-19/h9-16,21,25,31H,4-8H2,1-3H3,(H,32,37)(H,33,36). The van der Waals surface area contributed by atoms with E-state index in [1.165, 1.54) is 18.2 Å². The predicted molar refractivity (Wildman–Crippen MR) is 154 cm³/mol. The van der Waals surface area contributed by atoms with Crippen LogP contribution in [0, 0.1) is 6.92 Å². The van der Waals surface area contributed by atoms with E-state index in [0.717, 1.165) is 36.8 Å². The number of carbonyl (C=O) groups excluding carboxylic acids is 2. The van der Waals surface area contributed by atoms with Crippen molar-refractivity contribution in [1.82, 2.24) is 15.1 Å². The number of hydrogen-bond donors (Lipinski definition) is 3. The van der Waals surface area contributed by atoms with E-state index >= 15 is 0 Å². The van der Waals surface area contributed by atoms with Crippen molar-refractivity contribution in [2.75, 3.05) is 16.9 Å². The van der Waals surface area contributed by atoms with E-state index in [1.54, 1.807) is 16.8 Å². The van der Waals surface area contributed by atoms with Gasteiger partial charge in [0.2, 0.25) is 0 Å². The maximum atomic E-state index is 13.7. The van der Waals surface area contributed by atoms with E-state index in [0.29, 0.717) is 38.4 Å². The predicted octanol–water partition coefficient (Wildman–Crippen LogP) is 6.56. The lowest BCUT2D eigenvalue weighted by atomic mass is 9.94. The molecule has 1 atom stereocenters. The first-order valence-corrected chi connectivity index (χ1v) is 14.5. The first kappa shape index (κ1) is 26.4. The number of allylic oxidation sites excluding steroid dienone is 1. The number of thioether (sulfide) groups is 1. The van der Waals surface area contributed by atoms with Crippen LogP contribution in [0.4, 0.5) is 11.5 Å². The maximum absolute atomic E-state index is 13.7. The number of halogens is 1. The van der Waals surface area contributed by atoms with Crippen LogP contribution in [0.15, 0.2) is 64.8 Å². The van der Waals surface area contributed by atoms with Crippen LogP contribution in [0.1, 0.15) is 66.6 Å². The van der Waals surface area contributed by atoms with E-state index in [1.807, 2.05) is 56.5 Å². The van der Waals surface area contributed by atoms with Gasteiger partial charge in [-0.25, -0.2) is 4.68 Å². The van der Waals surface area contributed by atoms with Gasteiger partial charge in [-0.15, -0.1) is 11.8 Å². The Morgan fingerprint density at radius 1 is 1.00 bits per heavy atom. The van der Waals surface area contributed by atoms with Gasteiger partial charge >= 0.3 is 0 Å². The fourth-order valence-electron chi connectivity index (χ4n) is 5.23. The van der Waals surface area contributed by atoms with E-state index in [-0.39, 0.29) is 17.9 Å². The van der Waals surface area contributed by atoms with Crippen molar-refractivity contribution in [2.24, 2.45) is 0 Å². The van der Waals surface area contributed by atoms with Crippen molar-refractivity contribution < 1.29 is 9.59 Å². The van der Waals surface area contributed by atoms with Gasteiger partial charge in [-0.2, -0.15) is 5.10 Å². The van der Waals surface area contributed by atoms with E-state index in [9.17, 15) is 9.59 Å².